The Kier molecular flexibility index (Phi) is 2.49. The number of ether oxygens (including phenoxy) is 1. The van der Waals surface area contributed by atoms with Gasteiger partial charge in [-0.2, -0.15) is 8.78 Å². The van der Waals surface area contributed by atoms with Crippen LogP contribution in [0.4, 0.5) is 17.6 Å². The Labute approximate surface area is 72.7 Å². The van der Waals surface area contributed by atoms with Gasteiger partial charge in [0.25, 0.3) is 0 Å². The minimum Gasteiger partial charge on any atom is -0.572 e. The third-order valence-electron chi connectivity index (χ3n) is 1.46. The Morgan fingerprint density at radius 2 is 1.31 bits per heavy atom. The standard InChI is InChI=1S/C7H3BF4O/c1-13-7-5(11)3(9)2(8)4(10)6(7)12/h1H3/q-1. The molecule has 1 aromatic carbocycles. The average Bonchev–Trinajstić information content (AvgIpc) is 2.13. The summed E-state index contributed by atoms with van der Waals surface area (Å²) in [6, 6.07) is 0. The zero-order valence-electron chi connectivity index (χ0n) is 6.50. The van der Waals surface area contributed by atoms with E-state index in [4.69, 9.17) is 7.85 Å². The van der Waals surface area contributed by atoms with Gasteiger partial charge in [-0.3, -0.25) is 0 Å². The van der Waals surface area contributed by atoms with Crippen LogP contribution in [0.5, 0.6) is 5.75 Å². The summed E-state index contributed by atoms with van der Waals surface area (Å²) in [6.45, 7) is 0. The molecule has 1 nitrogen and oxygen atoms in total. The molecule has 0 bridgehead atoms. The predicted molar refractivity (Wildman–Crippen MR) is 38.2 cm³/mol. The van der Waals surface area contributed by atoms with E-state index >= 15 is 0 Å². The van der Waals surface area contributed by atoms with Crippen molar-refractivity contribution in [2.45, 2.75) is 0 Å². The third-order valence-corrected chi connectivity index (χ3v) is 1.46. The number of hydrogen-bond acceptors (Lipinski definition) is 1. The summed E-state index contributed by atoms with van der Waals surface area (Å²) in [7, 11) is 5.61. The molecule has 0 saturated heterocycles. The molecule has 0 aromatic heterocycles. The smallest absolute Gasteiger partial charge is 0.200 e. The highest BCUT2D eigenvalue weighted by atomic mass is 19.2. The summed E-state index contributed by atoms with van der Waals surface area (Å²) in [5, 5.41) is 0. The zero-order chi connectivity index (χ0) is 10.2. The van der Waals surface area contributed by atoms with E-state index in [9.17, 15) is 17.6 Å². The van der Waals surface area contributed by atoms with E-state index in [1.165, 1.54) is 0 Å². The Hall–Kier alpha value is -1.20. The first-order valence-corrected chi connectivity index (χ1v) is 3.16. The lowest BCUT2D eigenvalue weighted by Crippen LogP contribution is -2.19. The second kappa shape index (κ2) is 3.28. The molecule has 0 heterocycles. The number of hydrogen-bond donors (Lipinski definition) is 0. The van der Waals surface area contributed by atoms with Crippen LogP contribution in [0.2, 0.25) is 0 Å². The highest BCUT2D eigenvalue weighted by molar-refractivity contribution is 6.32. The van der Waals surface area contributed by atoms with Crippen LogP contribution in [-0.4, -0.2) is 15.0 Å². The molecule has 0 amide bonds. The van der Waals surface area contributed by atoms with Crippen molar-refractivity contribution in [1.29, 1.82) is 0 Å². The van der Waals surface area contributed by atoms with Crippen LogP contribution in [-0.2, 0) is 0 Å². The van der Waals surface area contributed by atoms with Gasteiger partial charge in [-0.25, -0.2) is 14.2 Å². The van der Waals surface area contributed by atoms with Crippen LogP contribution >= 0.6 is 0 Å². The van der Waals surface area contributed by atoms with Gasteiger partial charge >= 0.3 is 0 Å². The Balaban J connectivity index is 3.56. The molecule has 0 aliphatic carbocycles. The normalized spacial score (nSPS) is 10.3. The summed E-state index contributed by atoms with van der Waals surface area (Å²) in [5.41, 5.74) is -1.20. The molecule has 69 valence electrons. The topological polar surface area (TPSA) is 9.23 Å². The molecule has 0 aliphatic rings. The summed E-state index contributed by atoms with van der Waals surface area (Å²) >= 11 is 0. The first-order valence-electron chi connectivity index (χ1n) is 3.16. The van der Waals surface area contributed by atoms with Gasteiger partial charge in [0, 0.05) is 0 Å². The van der Waals surface area contributed by atoms with Gasteiger partial charge in [0.1, 0.15) is 11.6 Å². The monoisotopic (exact) mass is 190 g/mol. The molecule has 13 heavy (non-hydrogen) atoms. The molecule has 0 saturated carbocycles. The van der Waals surface area contributed by atoms with Crippen molar-refractivity contribution in [2.24, 2.45) is 0 Å². The van der Waals surface area contributed by atoms with E-state index < -0.39 is 34.5 Å². The molecule has 0 unspecified atom stereocenters. The fourth-order valence-corrected chi connectivity index (χ4v) is 0.808. The van der Waals surface area contributed by atoms with Crippen molar-refractivity contribution in [1.82, 2.24) is 0 Å². The van der Waals surface area contributed by atoms with Gasteiger partial charge in [-0.1, -0.05) is 0 Å². The molecule has 0 fully saturated rings. The molecular formula is C7H3BF4O-. The predicted octanol–water partition coefficient (Wildman–Crippen LogP) is 1.05. The van der Waals surface area contributed by atoms with E-state index in [1.54, 1.807) is 0 Å². The molecule has 0 spiro atoms. The van der Waals surface area contributed by atoms with E-state index in [-0.39, 0.29) is 0 Å². The van der Waals surface area contributed by atoms with Crippen LogP contribution < -0.4 is 10.2 Å². The lowest BCUT2D eigenvalue weighted by atomic mass is 9.94. The van der Waals surface area contributed by atoms with E-state index in [2.05, 4.69) is 4.74 Å². The van der Waals surface area contributed by atoms with Crippen LogP contribution in [0, 0.1) is 23.3 Å². The third kappa shape index (κ3) is 1.36. The van der Waals surface area contributed by atoms with Crippen molar-refractivity contribution >= 4 is 13.3 Å². The lowest BCUT2D eigenvalue weighted by Gasteiger charge is -2.14. The molecule has 3 radical (unpaired) electrons. The van der Waals surface area contributed by atoms with E-state index in [1.807, 2.05) is 0 Å². The number of methoxy groups -OCH3 is 1. The molecule has 0 atom stereocenters. The van der Waals surface area contributed by atoms with Gasteiger partial charge in [-0.05, 0) is 0 Å². The summed E-state index contributed by atoms with van der Waals surface area (Å²) in [6.07, 6.45) is 0. The Morgan fingerprint density at radius 1 is 0.923 bits per heavy atom. The fourth-order valence-electron chi connectivity index (χ4n) is 0.808. The van der Waals surface area contributed by atoms with Gasteiger partial charge in [0.15, 0.2) is 17.4 Å². The number of benzene rings is 1. The Bertz CT molecular complexity index is 324. The van der Waals surface area contributed by atoms with Crippen molar-refractivity contribution in [3.05, 3.63) is 23.3 Å². The molecular weight excluding hydrogens is 187 g/mol. The van der Waals surface area contributed by atoms with Gasteiger partial charge in [-0.15, -0.1) is 0 Å². The number of halogens is 4. The summed E-state index contributed by atoms with van der Waals surface area (Å²) in [4.78, 5) is 0. The summed E-state index contributed by atoms with van der Waals surface area (Å²) < 4.78 is 54.8. The van der Waals surface area contributed by atoms with Crippen LogP contribution in [0.25, 0.3) is 0 Å². The van der Waals surface area contributed by atoms with Crippen LogP contribution in [0.15, 0.2) is 0 Å². The molecule has 1 rings (SSSR count). The van der Waals surface area contributed by atoms with E-state index in [0.717, 1.165) is 7.11 Å². The average molecular weight is 190 g/mol. The first kappa shape index (κ1) is 9.89. The zero-order valence-corrected chi connectivity index (χ0v) is 6.50. The highest BCUT2D eigenvalue weighted by Crippen LogP contribution is 2.24. The minimum absolute atomic E-state index is 0.885. The second-order valence-electron chi connectivity index (χ2n) is 2.20. The largest absolute Gasteiger partial charge is 0.572 e. The highest BCUT2D eigenvalue weighted by Gasteiger charge is 2.18. The minimum atomic E-state index is -1.66. The van der Waals surface area contributed by atoms with Gasteiger partial charge in [0.2, 0.25) is 0 Å². The van der Waals surface area contributed by atoms with Crippen molar-refractivity contribution in [3.63, 3.8) is 0 Å². The maximum Gasteiger partial charge on any atom is 0.200 e. The van der Waals surface area contributed by atoms with Crippen LogP contribution in [0.3, 0.4) is 0 Å². The van der Waals surface area contributed by atoms with E-state index in [0.29, 0.717) is 0 Å². The maximum absolute atomic E-state index is 12.7. The maximum atomic E-state index is 12.7. The number of rotatable bonds is 1. The van der Waals surface area contributed by atoms with Crippen molar-refractivity contribution in [3.8, 4) is 5.75 Å². The van der Waals surface area contributed by atoms with Crippen molar-refractivity contribution < 1.29 is 22.3 Å². The Morgan fingerprint density at radius 3 is 1.62 bits per heavy atom. The summed E-state index contributed by atoms with van der Waals surface area (Å²) in [5.74, 6) is -7.71. The van der Waals surface area contributed by atoms with Gasteiger partial charge < -0.3 is 12.6 Å². The van der Waals surface area contributed by atoms with Crippen molar-refractivity contribution in [2.75, 3.05) is 7.11 Å². The van der Waals surface area contributed by atoms with Crippen LogP contribution in [0.1, 0.15) is 0 Å². The molecule has 0 N–H and O–H groups in total. The molecule has 0 aliphatic heterocycles. The molecule has 6 heteroatoms. The fraction of sp³-hybridized carbons (Fsp3) is 0.143. The lowest BCUT2D eigenvalue weighted by molar-refractivity contribution is 0.335. The quantitative estimate of drug-likeness (QED) is 0.365. The molecule has 1 aromatic rings. The second-order valence-corrected chi connectivity index (χ2v) is 2.20. The first-order chi connectivity index (χ1) is 6.00. The SMILES string of the molecule is [B-]c1c(F)c(F)c(OC)c(F)c1F. The van der Waals surface area contributed by atoms with Gasteiger partial charge in [0.05, 0.1) is 7.11 Å².